The summed E-state index contributed by atoms with van der Waals surface area (Å²) in [6.45, 7) is 10.3. The molecule has 0 aliphatic heterocycles. The molecule has 0 saturated heterocycles. The molecule has 2 heteroatoms. The molecule has 0 aliphatic carbocycles. The summed E-state index contributed by atoms with van der Waals surface area (Å²) in [4.78, 5) is 0. The molecule has 2 nitrogen and oxygen atoms in total. The van der Waals surface area contributed by atoms with E-state index < -0.39 is 0 Å². The SMILES string of the molecule is C=C(CNC(C)C)COCc1ccccc1. The van der Waals surface area contributed by atoms with Crippen LogP contribution in [0, 0.1) is 0 Å². The lowest BCUT2D eigenvalue weighted by atomic mass is 10.2. The van der Waals surface area contributed by atoms with Crippen LogP contribution in [0.3, 0.4) is 0 Å². The van der Waals surface area contributed by atoms with Crippen LogP contribution in [0.2, 0.25) is 0 Å². The van der Waals surface area contributed by atoms with Crippen molar-refractivity contribution in [1.82, 2.24) is 5.32 Å². The van der Waals surface area contributed by atoms with Gasteiger partial charge in [-0.3, -0.25) is 0 Å². The first-order chi connectivity index (χ1) is 7.68. The van der Waals surface area contributed by atoms with E-state index >= 15 is 0 Å². The van der Waals surface area contributed by atoms with E-state index in [4.69, 9.17) is 4.74 Å². The Morgan fingerprint density at radius 1 is 1.31 bits per heavy atom. The molecule has 1 N–H and O–H groups in total. The van der Waals surface area contributed by atoms with E-state index in [0.717, 1.165) is 12.1 Å². The number of hydrogen-bond donors (Lipinski definition) is 1. The average Bonchev–Trinajstić information content (AvgIpc) is 2.28. The Bertz CT molecular complexity index is 306. The monoisotopic (exact) mass is 219 g/mol. The van der Waals surface area contributed by atoms with Crippen molar-refractivity contribution in [1.29, 1.82) is 0 Å². The Kier molecular flexibility index (Phi) is 5.83. The molecular weight excluding hydrogens is 198 g/mol. The van der Waals surface area contributed by atoms with Crippen LogP contribution in [0.1, 0.15) is 19.4 Å². The van der Waals surface area contributed by atoms with Gasteiger partial charge >= 0.3 is 0 Å². The summed E-state index contributed by atoms with van der Waals surface area (Å²) in [6.07, 6.45) is 0. The van der Waals surface area contributed by atoms with Crippen LogP contribution in [0.4, 0.5) is 0 Å². The molecule has 16 heavy (non-hydrogen) atoms. The van der Waals surface area contributed by atoms with Gasteiger partial charge in [-0.15, -0.1) is 0 Å². The van der Waals surface area contributed by atoms with E-state index in [1.165, 1.54) is 5.56 Å². The highest BCUT2D eigenvalue weighted by Crippen LogP contribution is 2.01. The van der Waals surface area contributed by atoms with Gasteiger partial charge in [-0.2, -0.15) is 0 Å². The second-order valence-electron chi connectivity index (χ2n) is 4.26. The molecule has 0 saturated carbocycles. The highest BCUT2D eigenvalue weighted by molar-refractivity contribution is 5.13. The Morgan fingerprint density at radius 2 is 2.00 bits per heavy atom. The van der Waals surface area contributed by atoms with Gasteiger partial charge in [-0.1, -0.05) is 50.8 Å². The molecule has 1 aromatic rings. The Hall–Kier alpha value is -1.12. The van der Waals surface area contributed by atoms with Crippen molar-refractivity contribution >= 4 is 0 Å². The van der Waals surface area contributed by atoms with Crippen molar-refractivity contribution in [3.8, 4) is 0 Å². The van der Waals surface area contributed by atoms with Crippen LogP contribution in [-0.4, -0.2) is 19.2 Å². The van der Waals surface area contributed by atoms with Gasteiger partial charge in [0, 0.05) is 12.6 Å². The largest absolute Gasteiger partial charge is 0.372 e. The van der Waals surface area contributed by atoms with Gasteiger partial charge in [0.25, 0.3) is 0 Å². The van der Waals surface area contributed by atoms with Crippen LogP contribution < -0.4 is 5.32 Å². The third kappa shape index (κ3) is 5.69. The quantitative estimate of drug-likeness (QED) is 0.712. The highest BCUT2D eigenvalue weighted by atomic mass is 16.5. The van der Waals surface area contributed by atoms with E-state index in [1.54, 1.807) is 0 Å². The molecule has 0 atom stereocenters. The van der Waals surface area contributed by atoms with E-state index in [0.29, 0.717) is 19.3 Å². The smallest absolute Gasteiger partial charge is 0.0721 e. The van der Waals surface area contributed by atoms with Crippen LogP contribution in [0.5, 0.6) is 0 Å². The molecule has 0 heterocycles. The Morgan fingerprint density at radius 3 is 2.62 bits per heavy atom. The third-order valence-corrected chi connectivity index (χ3v) is 2.18. The zero-order chi connectivity index (χ0) is 11.8. The summed E-state index contributed by atoms with van der Waals surface area (Å²) in [7, 11) is 0. The molecule has 0 bridgehead atoms. The van der Waals surface area contributed by atoms with Crippen molar-refractivity contribution < 1.29 is 4.74 Å². The molecular formula is C14H21NO. The fourth-order valence-corrected chi connectivity index (χ4v) is 1.29. The average molecular weight is 219 g/mol. The van der Waals surface area contributed by atoms with Crippen molar-refractivity contribution in [2.45, 2.75) is 26.5 Å². The van der Waals surface area contributed by atoms with Crippen LogP contribution in [0.15, 0.2) is 42.5 Å². The molecule has 0 aliphatic rings. The molecule has 88 valence electrons. The highest BCUT2D eigenvalue weighted by Gasteiger charge is 1.97. The number of ether oxygens (including phenoxy) is 1. The summed E-state index contributed by atoms with van der Waals surface area (Å²) in [5.74, 6) is 0. The van der Waals surface area contributed by atoms with E-state index in [2.05, 4.69) is 37.9 Å². The molecule has 0 radical (unpaired) electrons. The predicted molar refractivity (Wildman–Crippen MR) is 68.4 cm³/mol. The predicted octanol–water partition coefficient (Wildman–Crippen LogP) is 2.76. The summed E-state index contributed by atoms with van der Waals surface area (Å²) >= 11 is 0. The van der Waals surface area contributed by atoms with Crippen LogP contribution >= 0.6 is 0 Å². The molecule has 1 rings (SSSR count). The minimum absolute atomic E-state index is 0.492. The summed E-state index contributed by atoms with van der Waals surface area (Å²) < 4.78 is 5.57. The molecule has 0 amide bonds. The molecule has 0 aromatic heterocycles. The van der Waals surface area contributed by atoms with E-state index in [9.17, 15) is 0 Å². The molecule has 0 fully saturated rings. The molecule has 1 aromatic carbocycles. The first-order valence-corrected chi connectivity index (χ1v) is 5.70. The van der Waals surface area contributed by atoms with Crippen LogP contribution in [0.25, 0.3) is 0 Å². The Balaban J connectivity index is 2.13. The third-order valence-electron chi connectivity index (χ3n) is 2.18. The van der Waals surface area contributed by atoms with Gasteiger partial charge in [0.05, 0.1) is 13.2 Å². The van der Waals surface area contributed by atoms with Crippen molar-refractivity contribution in [2.75, 3.05) is 13.2 Å². The van der Waals surface area contributed by atoms with Gasteiger partial charge in [0.15, 0.2) is 0 Å². The number of benzene rings is 1. The minimum atomic E-state index is 0.492. The number of hydrogen-bond acceptors (Lipinski definition) is 2. The second kappa shape index (κ2) is 7.20. The first-order valence-electron chi connectivity index (χ1n) is 5.70. The molecule has 0 spiro atoms. The zero-order valence-corrected chi connectivity index (χ0v) is 10.2. The fourth-order valence-electron chi connectivity index (χ4n) is 1.29. The lowest BCUT2D eigenvalue weighted by Gasteiger charge is -2.10. The maximum absolute atomic E-state index is 5.57. The Labute approximate surface area is 98.3 Å². The number of rotatable bonds is 7. The standard InChI is InChI=1S/C14H21NO/c1-12(2)15-9-13(3)10-16-11-14-7-5-4-6-8-14/h4-8,12,15H,3,9-11H2,1-2H3. The lowest BCUT2D eigenvalue weighted by Crippen LogP contribution is -2.25. The van der Waals surface area contributed by atoms with E-state index in [-0.39, 0.29) is 0 Å². The van der Waals surface area contributed by atoms with E-state index in [1.807, 2.05) is 18.2 Å². The topological polar surface area (TPSA) is 21.3 Å². The summed E-state index contributed by atoms with van der Waals surface area (Å²) in [5.41, 5.74) is 2.29. The summed E-state index contributed by atoms with van der Waals surface area (Å²) in [5, 5.41) is 3.31. The summed E-state index contributed by atoms with van der Waals surface area (Å²) in [6, 6.07) is 10.7. The molecule has 0 unspecified atom stereocenters. The van der Waals surface area contributed by atoms with Gasteiger partial charge < -0.3 is 10.1 Å². The normalized spacial score (nSPS) is 10.7. The van der Waals surface area contributed by atoms with Gasteiger partial charge in [-0.25, -0.2) is 0 Å². The first kappa shape index (κ1) is 12.9. The second-order valence-corrected chi connectivity index (χ2v) is 4.26. The van der Waals surface area contributed by atoms with Crippen molar-refractivity contribution in [2.24, 2.45) is 0 Å². The van der Waals surface area contributed by atoms with Crippen LogP contribution in [-0.2, 0) is 11.3 Å². The maximum Gasteiger partial charge on any atom is 0.0721 e. The van der Waals surface area contributed by atoms with Crippen molar-refractivity contribution in [3.05, 3.63) is 48.0 Å². The lowest BCUT2D eigenvalue weighted by molar-refractivity contribution is 0.141. The van der Waals surface area contributed by atoms with Crippen molar-refractivity contribution in [3.63, 3.8) is 0 Å². The minimum Gasteiger partial charge on any atom is -0.372 e. The number of nitrogens with one attached hydrogen (secondary N) is 1. The van der Waals surface area contributed by atoms with Gasteiger partial charge in [-0.05, 0) is 11.1 Å². The van der Waals surface area contributed by atoms with Gasteiger partial charge in [0.2, 0.25) is 0 Å². The van der Waals surface area contributed by atoms with Gasteiger partial charge in [0.1, 0.15) is 0 Å². The maximum atomic E-state index is 5.57. The zero-order valence-electron chi connectivity index (χ0n) is 10.2. The fraction of sp³-hybridized carbons (Fsp3) is 0.429.